The summed E-state index contributed by atoms with van der Waals surface area (Å²) < 4.78 is 6.88. The van der Waals surface area contributed by atoms with E-state index in [0.29, 0.717) is 26.1 Å². The van der Waals surface area contributed by atoms with E-state index in [4.69, 9.17) is 4.74 Å². The lowest BCUT2D eigenvalue weighted by Crippen LogP contribution is -2.58. The lowest BCUT2D eigenvalue weighted by Gasteiger charge is -2.40. The van der Waals surface area contributed by atoms with Gasteiger partial charge in [-0.15, -0.1) is 0 Å². The molecule has 40 heavy (non-hydrogen) atoms. The highest BCUT2D eigenvalue weighted by molar-refractivity contribution is 6.06. The first-order valence-corrected chi connectivity index (χ1v) is 14.4. The molecule has 0 aliphatic carbocycles. The quantitative estimate of drug-likeness (QED) is 0.565. The largest absolute Gasteiger partial charge is 0.394 e. The van der Waals surface area contributed by atoms with E-state index in [1.807, 2.05) is 87.5 Å². The number of rotatable bonds is 6. The average molecular weight is 544 g/mol. The third kappa shape index (κ3) is 3.76. The van der Waals surface area contributed by atoms with E-state index in [2.05, 4.69) is 0 Å². The number of nitrogens with zero attached hydrogens (tertiary/aromatic N) is 3. The monoisotopic (exact) mass is 543 g/mol. The molecule has 210 valence electrons. The third-order valence-corrected chi connectivity index (χ3v) is 9.19. The van der Waals surface area contributed by atoms with E-state index in [9.17, 15) is 19.5 Å². The van der Waals surface area contributed by atoms with E-state index in [1.165, 1.54) is 4.90 Å². The van der Waals surface area contributed by atoms with E-state index in [0.717, 1.165) is 22.9 Å². The SMILES string of the molecule is CCCN1CC=C[C@]2(C)O[C@]34C=CCN(c5ccc6ccccc6c5)C(=O)C3N([C@@H](CC)CO)C(=O)[C@@H]4[C@@H]2C1=O. The second-order valence-electron chi connectivity index (χ2n) is 11.6. The predicted octanol–water partition coefficient (Wildman–Crippen LogP) is 3.29. The molecule has 8 heteroatoms. The van der Waals surface area contributed by atoms with Crippen LogP contribution in [-0.2, 0) is 19.1 Å². The number of benzene rings is 2. The molecule has 6 atom stereocenters. The van der Waals surface area contributed by atoms with Crippen LogP contribution in [0.25, 0.3) is 10.8 Å². The van der Waals surface area contributed by atoms with Crippen molar-refractivity contribution in [3.05, 3.63) is 66.8 Å². The highest BCUT2D eigenvalue weighted by Gasteiger charge is 2.75. The maximum Gasteiger partial charge on any atom is 0.253 e. The molecule has 0 radical (unpaired) electrons. The van der Waals surface area contributed by atoms with Gasteiger partial charge in [-0.1, -0.05) is 68.5 Å². The zero-order valence-corrected chi connectivity index (χ0v) is 23.3. The van der Waals surface area contributed by atoms with E-state index < -0.39 is 35.1 Å². The van der Waals surface area contributed by atoms with Gasteiger partial charge in [0.05, 0.1) is 30.1 Å². The van der Waals surface area contributed by atoms with Crippen LogP contribution in [0.2, 0.25) is 0 Å². The van der Waals surface area contributed by atoms with Gasteiger partial charge >= 0.3 is 0 Å². The zero-order chi connectivity index (χ0) is 28.2. The Hall–Kier alpha value is -3.49. The van der Waals surface area contributed by atoms with Crippen molar-refractivity contribution < 1.29 is 24.2 Å². The summed E-state index contributed by atoms with van der Waals surface area (Å²) in [5, 5.41) is 12.4. The minimum absolute atomic E-state index is 0.126. The Balaban J connectivity index is 1.49. The lowest BCUT2D eigenvalue weighted by atomic mass is 9.74. The standard InChI is InChI=1S/C32H37N3O5/c1-4-16-33-17-8-14-31(3)25(28(33)37)26-29(38)35(23(5-2)20-36)27-30(39)34(18-9-15-32(26,27)40-31)24-13-12-21-10-6-7-11-22(21)19-24/h6-15,19,23,25-27,36H,4-5,16-18,20H2,1-3H3/t23-,25+,26-,27?,31-,32-/m0/s1. The van der Waals surface area contributed by atoms with Gasteiger partial charge in [-0.25, -0.2) is 0 Å². The summed E-state index contributed by atoms with van der Waals surface area (Å²) in [6, 6.07) is 12.3. The van der Waals surface area contributed by atoms with Crippen LogP contribution in [0, 0.1) is 11.8 Å². The highest BCUT2D eigenvalue weighted by atomic mass is 16.5. The fourth-order valence-corrected chi connectivity index (χ4v) is 7.37. The Morgan fingerprint density at radius 2 is 1.70 bits per heavy atom. The van der Waals surface area contributed by atoms with Gasteiger partial charge in [-0.05, 0) is 42.7 Å². The molecule has 4 heterocycles. The number of fused-ring (bicyclic) bond motifs is 3. The smallest absolute Gasteiger partial charge is 0.253 e. The van der Waals surface area contributed by atoms with Crippen LogP contribution in [0.1, 0.15) is 33.6 Å². The van der Waals surface area contributed by atoms with Crippen LogP contribution in [-0.4, -0.2) is 82.2 Å². The third-order valence-electron chi connectivity index (χ3n) is 9.19. The molecule has 1 unspecified atom stereocenters. The molecule has 6 rings (SSSR count). The summed E-state index contributed by atoms with van der Waals surface area (Å²) in [7, 11) is 0. The minimum atomic E-state index is -1.34. The van der Waals surface area contributed by atoms with E-state index in [1.54, 1.807) is 9.80 Å². The van der Waals surface area contributed by atoms with Gasteiger partial charge in [0.2, 0.25) is 11.8 Å². The van der Waals surface area contributed by atoms with E-state index >= 15 is 0 Å². The Morgan fingerprint density at radius 1 is 0.950 bits per heavy atom. The van der Waals surface area contributed by atoms with Crippen LogP contribution in [0.3, 0.4) is 0 Å². The fourth-order valence-electron chi connectivity index (χ4n) is 7.37. The molecule has 2 fully saturated rings. The van der Waals surface area contributed by atoms with Crippen LogP contribution in [0.15, 0.2) is 66.8 Å². The first kappa shape index (κ1) is 26.7. The van der Waals surface area contributed by atoms with Crippen molar-refractivity contribution >= 4 is 34.2 Å². The molecule has 0 saturated carbocycles. The molecule has 2 aromatic carbocycles. The average Bonchev–Trinajstić information content (AvgIpc) is 3.22. The topological polar surface area (TPSA) is 90.4 Å². The number of hydrogen-bond acceptors (Lipinski definition) is 5. The Kier molecular flexibility index (Phi) is 6.58. The van der Waals surface area contributed by atoms with Crippen LogP contribution >= 0.6 is 0 Å². The predicted molar refractivity (Wildman–Crippen MR) is 152 cm³/mol. The molecule has 2 aromatic rings. The van der Waals surface area contributed by atoms with Crippen LogP contribution < -0.4 is 4.90 Å². The maximum absolute atomic E-state index is 14.6. The molecule has 4 aliphatic rings. The molecule has 4 aliphatic heterocycles. The Bertz CT molecular complexity index is 1420. The molecular weight excluding hydrogens is 506 g/mol. The van der Waals surface area contributed by atoms with Crippen molar-refractivity contribution in [1.29, 1.82) is 0 Å². The van der Waals surface area contributed by atoms with Gasteiger partial charge < -0.3 is 24.5 Å². The normalized spacial score (nSPS) is 32.2. The van der Waals surface area contributed by atoms with Gasteiger partial charge in [0.25, 0.3) is 5.91 Å². The summed E-state index contributed by atoms with van der Waals surface area (Å²) in [6.45, 7) is 6.82. The molecule has 2 saturated heterocycles. The van der Waals surface area contributed by atoms with E-state index in [-0.39, 0.29) is 24.3 Å². The van der Waals surface area contributed by atoms with Crippen LogP contribution in [0.5, 0.6) is 0 Å². The summed E-state index contributed by atoms with van der Waals surface area (Å²) in [4.78, 5) is 48.1. The number of hydrogen-bond donors (Lipinski definition) is 1. The van der Waals surface area contributed by atoms with Crippen molar-refractivity contribution in [1.82, 2.24) is 9.80 Å². The Labute approximate surface area is 234 Å². The van der Waals surface area contributed by atoms with Gasteiger partial charge in [0.1, 0.15) is 11.6 Å². The van der Waals surface area contributed by atoms with Crippen molar-refractivity contribution in [2.45, 2.75) is 56.9 Å². The van der Waals surface area contributed by atoms with Crippen molar-refractivity contribution in [3.8, 4) is 0 Å². The second-order valence-corrected chi connectivity index (χ2v) is 11.6. The summed E-state index contributed by atoms with van der Waals surface area (Å²) in [5.41, 5.74) is -1.66. The fraction of sp³-hybridized carbons (Fsp3) is 0.469. The zero-order valence-electron chi connectivity index (χ0n) is 23.3. The number of likely N-dealkylation sites (tertiary alicyclic amines) is 1. The van der Waals surface area contributed by atoms with Crippen molar-refractivity contribution in [3.63, 3.8) is 0 Å². The molecular formula is C32H37N3O5. The van der Waals surface area contributed by atoms with Gasteiger partial charge in [-0.2, -0.15) is 0 Å². The number of aliphatic hydroxyl groups excluding tert-OH is 1. The van der Waals surface area contributed by atoms with Crippen molar-refractivity contribution in [2.75, 3.05) is 31.1 Å². The van der Waals surface area contributed by atoms with Crippen LogP contribution in [0.4, 0.5) is 5.69 Å². The molecule has 1 N–H and O–H groups in total. The van der Waals surface area contributed by atoms with Gasteiger partial charge in [-0.3, -0.25) is 14.4 Å². The second kappa shape index (κ2) is 9.85. The first-order valence-electron chi connectivity index (χ1n) is 14.4. The number of ether oxygens (including phenoxy) is 1. The van der Waals surface area contributed by atoms with Gasteiger partial charge in [0, 0.05) is 25.3 Å². The Morgan fingerprint density at radius 3 is 2.42 bits per heavy atom. The van der Waals surface area contributed by atoms with Gasteiger partial charge in [0.15, 0.2) is 0 Å². The number of aliphatic hydroxyl groups is 1. The number of amides is 3. The molecule has 1 spiro atoms. The molecule has 0 aromatic heterocycles. The number of carbonyl (C=O) groups excluding carboxylic acids is 3. The molecule has 0 bridgehead atoms. The maximum atomic E-state index is 14.6. The summed E-state index contributed by atoms with van der Waals surface area (Å²) in [5.74, 6) is -2.37. The summed E-state index contributed by atoms with van der Waals surface area (Å²) in [6.07, 6.45) is 8.85. The minimum Gasteiger partial charge on any atom is -0.394 e. The molecule has 3 amide bonds. The highest BCUT2D eigenvalue weighted by Crippen LogP contribution is 2.58. The molecule has 8 nitrogen and oxygen atoms in total. The summed E-state index contributed by atoms with van der Waals surface area (Å²) >= 11 is 0. The number of anilines is 1. The lowest BCUT2D eigenvalue weighted by molar-refractivity contribution is -0.151. The number of carbonyl (C=O) groups is 3. The first-order chi connectivity index (χ1) is 19.3. The van der Waals surface area contributed by atoms with Crippen molar-refractivity contribution in [2.24, 2.45) is 11.8 Å².